The molecule has 0 saturated carbocycles. The normalized spacial score (nSPS) is 16.2. The lowest BCUT2D eigenvalue weighted by Crippen LogP contribution is -2.27. The maximum absolute atomic E-state index is 13.7. The molecule has 1 saturated heterocycles. The Bertz CT molecular complexity index is 1400. The second-order valence-corrected chi connectivity index (χ2v) is 9.40. The van der Waals surface area contributed by atoms with Crippen molar-refractivity contribution in [2.45, 2.75) is 12.3 Å². The number of nitrogens with zero attached hydrogens (tertiary/aromatic N) is 1. The number of benzene rings is 4. The Morgan fingerprint density at radius 1 is 0.861 bits per heavy atom. The van der Waals surface area contributed by atoms with E-state index < -0.39 is 0 Å². The first-order valence-corrected chi connectivity index (χ1v) is 12.4. The monoisotopic (exact) mass is 492 g/mol. The molecule has 4 aromatic rings. The number of ether oxygens (including phenoxy) is 1. The Morgan fingerprint density at radius 3 is 2.22 bits per heavy atom. The van der Waals surface area contributed by atoms with Crippen molar-refractivity contribution in [2.24, 2.45) is 0 Å². The smallest absolute Gasteiger partial charge is 0.266 e. The summed E-state index contributed by atoms with van der Waals surface area (Å²) >= 11 is 1.52. The van der Waals surface area contributed by atoms with E-state index in [0.717, 1.165) is 22.6 Å². The van der Waals surface area contributed by atoms with E-state index in [1.165, 1.54) is 18.7 Å². The second kappa shape index (κ2) is 10.5. The number of thioether (sulfide) groups is 1. The van der Waals surface area contributed by atoms with Crippen molar-refractivity contribution in [2.75, 3.05) is 10.2 Å². The topological polar surface area (TPSA) is 58.6 Å². The van der Waals surface area contributed by atoms with E-state index >= 15 is 0 Å². The Morgan fingerprint density at radius 2 is 1.53 bits per heavy atom. The number of carbonyl (C=O) groups excluding carboxylic acids is 2. The summed E-state index contributed by atoms with van der Waals surface area (Å²) in [5.41, 5.74) is 3.37. The van der Waals surface area contributed by atoms with Crippen LogP contribution in [0.1, 0.15) is 23.4 Å². The third-order valence-electron chi connectivity index (χ3n) is 5.59. The Balaban J connectivity index is 1.46. The molecule has 1 unspecified atom stereocenters. The molecule has 0 bridgehead atoms. The van der Waals surface area contributed by atoms with Crippen LogP contribution < -0.4 is 15.0 Å². The number of hydrogen-bond acceptors (Lipinski definition) is 4. The van der Waals surface area contributed by atoms with Gasteiger partial charge in [-0.3, -0.25) is 14.5 Å². The largest absolute Gasteiger partial charge is 0.457 e. The number of rotatable bonds is 6. The number of amides is 2. The molecule has 36 heavy (non-hydrogen) atoms. The van der Waals surface area contributed by atoms with Crippen LogP contribution in [0.2, 0.25) is 0 Å². The van der Waals surface area contributed by atoms with E-state index in [2.05, 4.69) is 5.32 Å². The number of hydrogen-bond donors (Lipinski definition) is 1. The van der Waals surface area contributed by atoms with Gasteiger partial charge in [-0.1, -0.05) is 72.4 Å². The van der Waals surface area contributed by atoms with Crippen molar-refractivity contribution < 1.29 is 14.3 Å². The van der Waals surface area contributed by atoms with Gasteiger partial charge in [0.05, 0.1) is 4.91 Å². The lowest BCUT2D eigenvalue weighted by molar-refractivity contribution is -0.115. The molecule has 0 radical (unpaired) electrons. The molecule has 1 heterocycles. The third-order valence-corrected chi connectivity index (χ3v) is 6.84. The number of nitrogens with one attached hydrogen (secondary N) is 1. The van der Waals surface area contributed by atoms with Gasteiger partial charge in [0, 0.05) is 18.3 Å². The summed E-state index contributed by atoms with van der Waals surface area (Å²) in [6.07, 6.45) is 1.91. The van der Waals surface area contributed by atoms with Gasteiger partial charge in [0.2, 0.25) is 5.91 Å². The second-order valence-electron chi connectivity index (χ2n) is 8.28. The van der Waals surface area contributed by atoms with Crippen molar-refractivity contribution in [1.82, 2.24) is 0 Å². The van der Waals surface area contributed by atoms with Crippen molar-refractivity contribution in [1.29, 1.82) is 0 Å². The summed E-state index contributed by atoms with van der Waals surface area (Å²) in [4.78, 5) is 27.5. The van der Waals surface area contributed by atoms with Gasteiger partial charge in [0.15, 0.2) is 0 Å². The average Bonchev–Trinajstić information content (AvgIpc) is 3.21. The minimum absolute atomic E-state index is 0.0736. The molecule has 0 aliphatic carbocycles. The first-order chi connectivity index (χ1) is 17.6. The van der Waals surface area contributed by atoms with Crippen molar-refractivity contribution in [3.8, 4) is 11.5 Å². The first kappa shape index (κ1) is 23.5. The minimum Gasteiger partial charge on any atom is -0.457 e. The molecule has 0 aromatic heterocycles. The van der Waals surface area contributed by atoms with E-state index in [0.29, 0.717) is 16.3 Å². The minimum atomic E-state index is -0.208. The van der Waals surface area contributed by atoms with E-state index in [-0.39, 0.29) is 17.2 Å². The Hall–Kier alpha value is -4.29. The molecule has 5 nitrogen and oxygen atoms in total. The lowest BCUT2D eigenvalue weighted by Gasteiger charge is -2.24. The van der Waals surface area contributed by atoms with Crippen LogP contribution in [-0.2, 0) is 9.59 Å². The van der Waals surface area contributed by atoms with Crippen LogP contribution in [0.5, 0.6) is 11.5 Å². The van der Waals surface area contributed by atoms with E-state index in [1.54, 1.807) is 4.90 Å². The first-order valence-electron chi connectivity index (χ1n) is 11.5. The third kappa shape index (κ3) is 5.34. The number of anilines is 2. The Kier molecular flexibility index (Phi) is 6.87. The molecule has 4 aromatic carbocycles. The quantitative estimate of drug-likeness (QED) is 0.288. The van der Waals surface area contributed by atoms with Crippen LogP contribution in [0, 0.1) is 0 Å². The van der Waals surface area contributed by atoms with Crippen LogP contribution >= 0.6 is 11.8 Å². The summed E-state index contributed by atoms with van der Waals surface area (Å²) in [6.45, 7) is 1.47. The zero-order valence-corrected chi connectivity index (χ0v) is 20.4. The summed E-state index contributed by atoms with van der Waals surface area (Å²) in [5, 5.41) is 2.56. The van der Waals surface area contributed by atoms with Gasteiger partial charge in [-0.15, -0.1) is 0 Å². The SMILES string of the molecule is CC(=O)Nc1ccc(N2C(=O)/C(=C/c3cccc(Oc4ccccc4)c3)SC2c2ccccc2)cc1. The molecule has 1 aliphatic rings. The highest BCUT2D eigenvalue weighted by Crippen LogP contribution is 2.48. The van der Waals surface area contributed by atoms with Crippen LogP contribution in [0.4, 0.5) is 11.4 Å². The van der Waals surface area contributed by atoms with Gasteiger partial charge in [0.25, 0.3) is 5.91 Å². The van der Waals surface area contributed by atoms with E-state index in [1.807, 2.05) is 115 Å². The van der Waals surface area contributed by atoms with Gasteiger partial charge < -0.3 is 10.1 Å². The van der Waals surface area contributed by atoms with E-state index in [9.17, 15) is 9.59 Å². The zero-order chi connectivity index (χ0) is 24.9. The number of carbonyl (C=O) groups is 2. The lowest BCUT2D eigenvalue weighted by atomic mass is 10.1. The van der Waals surface area contributed by atoms with Crippen LogP contribution in [0.15, 0.2) is 114 Å². The molecule has 2 amide bonds. The molecule has 6 heteroatoms. The number of para-hydroxylation sites is 1. The maximum Gasteiger partial charge on any atom is 0.266 e. The highest BCUT2D eigenvalue weighted by atomic mass is 32.2. The highest BCUT2D eigenvalue weighted by Gasteiger charge is 2.38. The van der Waals surface area contributed by atoms with Gasteiger partial charge in [-0.05, 0) is 65.7 Å². The molecule has 0 spiro atoms. The summed E-state index contributed by atoms with van der Waals surface area (Å²) < 4.78 is 5.97. The van der Waals surface area contributed by atoms with Gasteiger partial charge >= 0.3 is 0 Å². The maximum atomic E-state index is 13.7. The predicted octanol–water partition coefficient (Wildman–Crippen LogP) is 7.26. The van der Waals surface area contributed by atoms with E-state index in [4.69, 9.17) is 4.74 Å². The van der Waals surface area contributed by atoms with Gasteiger partial charge in [-0.25, -0.2) is 0 Å². The van der Waals surface area contributed by atoms with Crippen molar-refractivity contribution in [3.05, 3.63) is 125 Å². The van der Waals surface area contributed by atoms with Gasteiger partial charge in [-0.2, -0.15) is 0 Å². The molecular weight excluding hydrogens is 468 g/mol. The molecule has 1 aliphatic heterocycles. The zero-order valence-electron chi connectivity index (χ0n) is 19.6. The summed E-state index contributed by atoms with van der Waals surface area (Å²) in [5.74, 6) is 1.25. The molecule has 1 N–H and O–H groups in total. The fourth-order valence-electron chi connectivity index (χ4n) is 3.98. The standard InChI is InChI=1S/C30H24N2O3S/c1-21(33)31-24-15-17-25(18-16-24)32-29(34)28(36-30(32)23-10-4-2-5-11-23)20-22-9-8-14-27(19-22)35-26-12-6-3-7-13-26/h2-20,30H,1H3,(H,31,33)/b28-20-. The fourth-order valence-corrected chi connectivity index (χ4v) is 5.24. The van der Waals surface area contributed by atoms with Crippen LogP contribution in [0.3, 0.4) is 0 Å². The van der Waals surface area contributed by atoms with Crippen molar-refractivity contribution in [3.63, 3.8) is 0 Å². The summed E-state index contributed by atoms with van der Waals surface area (Å²) in [7, 11) is 0. The van der Waals surface area contributed by atoms with Crippen LogP contribution in [-0.4, -0.2) is 11.8 Å². The van der Waals surface area contributed by atoms with Crippen LogP contribution in [0.25, 0.3) is 6.08 Å². The average molecular weight is 493 g/mol. The molecule has 1 fully saturated rings. The fraction of sp³-hybridized carbons (Fsp3) is 0.0667. The molecule has 1 atom stereocenters. The summed E-state index contributed by atoms with van der Waals surface area (Å²) in [6, 6.07) is 34.6. The van der Waals surface area contributed by atoms with Gasteiger partial charge in [0.1, 0.15) is 16.9 Å². The highest BCUT2D eigenvalue weighted by molar-refractivity contribution is 8.05. The predicted molar refractivity (Wildman–Crippen MR) is 146 cm³/mol. The Labute approximate surface area is 214 Å². The molecule has 5 rings (SSSR count). The van der Waals surface area contributed by atoms with Crippen molar-refractivity contribution >= 4 is 41.0 Å². The molecule has 178 valence electrons. The molecular formula is C30H24N2O3S.